The fourth-order valence-electron chi connectivity index (χ4n) is 2.43. The van der Waals surface area contributed by atoms with Gasteiger partial charge >= 0.3 is 16.8 Å². The molecule has 118 valence electrons. The van der Waals surface area contributed by atoms with Crippen molar-refractivity contribution < 1.29 is 8.22 Å². The number of unbranched alkanes of at least 4 members (excludes halogenated alkanes) is 2. The Morgan fingerprint density at radius 1 is 0.600 bits per heavy atom. The van der Waals surface area contributed by atoms with Gasteiger partial charge in [-0.2, -0.15) is 0 Å². The summed E-state index contributed by atoms with van der Waals surface area (Å²) in [5.74, 6) is 0. The molecule has 0 aliphatic heterocycles. The number of hydrogen-bond donors (Lipinski definition) is 0. The second-order valence-electron chi connectivity index (χ2n) is 5.89. The molecule has 0 aliphatic carbocycles. The lowest BCUT2D eigenvalue weighted by Gasteiger charge is -2.18. The van der Waals surface area contributed by atoms with Gasteiger partial charge in [-0.1, -0.05) is 77.3 Å². The van der Waals surface area contributed by atoms with Crippen LogP contribution in [0.15, 0.2) is 0 Å². The summed E-state index contributed by atoms with van der Waals surface area (Å²) in [6, 6.07) is 2.33. The zero-order valence-electron chi connectivity index (χ0n) is 13.8. The summed E-state index contributed by atoms with van der Waals surface area (Å²) < 4.78 is 29.8. The van der Waals surface area contributed by atoms with Crippen LogP contribution in [0.2, 0.25) is 24.2 Å². The Labute approximate surface area is 127 Å². The van der Waals surface area contributed by atoms with Crippen molar-refractivity contribution in [3.05, 3.63) is 0 Å². The minimum Gasteiger partial charge on any atom is -0.297 e. The van der Waals surface area contributed by atoms with E-state index in [4.69, 9.17) is 0 Å². The zero-order chi connectivity index (χ0) is 15.5. The van der Waals surface area contributed by atoms with Crippen LogP contribution in [0.4, 0.5) is 8.22 Å². The van der Waals surface area contributed by atoms with Gasteiger partial charge in [-0.3, -0.25) is 8.22 Å². The molecule has 0 fully saturated rings. The first-order chi connectivity index (χ1) is 9.45. The van der Waals surface area contributed by atoms with Gasteiger partial charge in [-0.05, 0) is 24.2 Å². The molecule has 0 rings (SSSR count). The first-order valence-corrected chi connectivity index (χ1v) is 13.0. The largest absolute Gasteiger partial charge is 0.322 e. The van der Waals surface area contributed by atoms with E-state index >= 15 is 0 Å². The first-order valence-electron chi connectivity index (χ1n) is 8.37. The minimum atomic E-state index is -3.01. The smallest absolute Gasteiger partial charge is 0.297 e. The molecule has 0 bridgehead atoms. The van der Waals surface area contributed by atoms with Crippen LogP contribution < -0.4 is 0 Å². The van der Waals surface area contributed by atoms with Crippen molar-refractivity contribution in [1.29, 1.82) is 0 Å². The van der Waals surface area contributed by atoms with Crippen molar-refractivity contribution in [2.45, 2.75) is 90.4 Å². The number of halogens is 2. The highest BCUT2D eigenvalue weighted by molar-refractivity contribution is 6.86. The van der Waals surface area contributed by atoms with Crippen LogP contribution in [0.5, 0.6) is 0 Å². The van der Waals surface area contributed by atoms with Crippen molar-refractivity contribution in [2.75, 3.05) is 0 Å². The topological polar surface area (TPSA) is 0 Å². The van der Waals surface area contributed by atoms with E-state index in [1.807, 2.05) is 13.8 Å². The van der Waals surface area contributed by atoms with Crippen LogP contribution in [0.25, 0.3) is 0 Å². The molecular formula is C16H32F2Si2. The lowest BCUT2D eigenvalue weighted by atomic mass is 10.4. The van der Waals surface area contributed by atoms with Gasteiger partial charge in [-0.25, -0.2) is 0 Å². The quantitative estimate of drug-likeness (QED) is 0.251. The molecule has 0 N–H and O–H groups in total. The molecule has 0 saturated carbocycles. The lowest BCUT2D eigenvalue weighted by molar-refractivity contribution is 0.731. The lowest BCUT2D eigenvalue weighted by Crippen LogP contribution is -2.31. The van der Waals surface area contributed by atoms with Crippen LogP contribution >= 0.6 is 0 Å². The highest BCUT2D eigenvalue weighted by Gasteiger charge is 2.34. The summed E-state index contributed by atoms with van der Waals surface area (Å²) >= 11 is 0. The standard InChI is InChI=1S/C16H32F2Si2/c1-5-9-13-19(17,11-7-3)15-16-20(18,12-8-4)14-10-6-2/h5-14H2,1-4H3. The maximum absolute atomic E-state index is 14.9. The number of hydrogen-bond acceptors (Lipinski definition) is 0. The molecule has 0 saturated heterocycles. The fraction of sp³-hybridized carbons (Fsp3) is 0.875. The molecule has 2 atom stereocenters. The highest BCUT2D eigenvalue weighted by atomic mass is 28.4. The van der Waals surface area contributed by atoms with Crippen LogP contribution in [-0.4, -0.2) is 16.8 Å². The molecule has 0 heterocycles. The Kier molecular flexibility index (Phi) is 10.5. The molecule has 0 nitrogen and oxygen atoms in total. The Morgan fingerprint density at radius 2 is 0.950 bits per heavy atom. The first kappa shape index (κ1) is 19.9. The molecule has 0 aromatic heterocycles. The van der Waals surface area contributed by atoms with E-state index in [0.717, 1.165) is 38.5 Å². The maximum atomic E-state index is 14.9. The molecule has 0 radical (unpaired) electrons. The van der Waals surface area contributed by atoms with Crippen LogP contribution in [0, 0.1) is 11.1 Å². The van der Waals surface area contributed by atoms with Gasteiger partial charge in [0.1, 0.15) is 0 Å². The normalized spacial score (nSPS) is 16.9. The van der Waals surface area contributed by atoms with E-state index in [1.165, 1.54) is 0 Å². The predicted octanol–water partition coefficient (Wildman–Crippen LogP) is 6.32. The number of rotatable bonds is 10. The molecule has 0 aromatic carbocycles. The second kappa shape index (κ2) is 10.6. The third-order valence-corrected chi connectivity index (χ3v) is 9.93. The second-order valence-corrected chi connectivity index (χ2v) is 12.2. The fourth-order valence-corrected chi connectivity index (χ4v) is 8.64. The summed E-state index contributed by atoms with van der Waals surface area (Å²) in [7, 11) is -6.03. The van der Waals surface area contributed by atoms with E-state index < -0.39 is 16.8 Å². The van der Waals surface area contributed by atoms with Crippen LogP contribution in [0.1, 0.15) is 66.2 Å². The summed E-state index contributed by atoms with van der Waals surface area (Å²) in [4.78, 5) is 0. The van der Waals surface area contributed by atoms with Crippen LogP contribution in [-0.2, 0) is 0 Å². The molecule has 2 unspecified atom stereocenters. The Balaban J connectivity index is 4.94. The molecule has 0 aromatic rings. The summed E-state index contributed by atoms with van der Waals surface area (Å²) in [5.41, 5.74) is 5.75. The van der Waals surface area contributed by atoms with E-state index in [0.29, 0.717) is 24.2 Å². The molecule has 4 heteroatoms. The molecular weight excluding hydrogens is 286 g/mol. The van der Waals surface area contributed by atoms with Gasteiger partial charge < -0.3 is 0 Å². The zero-order valence-corrected chi connectivity index (χ0v) is 15.8. The average Bonchev–Trinajstić information content (AvgIpc) is 2.42. The van der Waals surface area contributed by atoms with E-state index in [9.17, 15) is 8.22 Å². The van der Waals surface area contributed by atoms with E-state index in [-0.39, 0.29) is 0 Å². The van der Waals surface area contributed by atoms with Crippen molar-refractivity contribution in [3.63, 3.8) is 0 Å². The Hall–Kier alpha value is -0.146. The Bertz CT molecular complexity index is 283. The van der Waals surface area contributed by atoms with Crippen LogP contribution in [0.3, 0.4) is 0 Å². The van der Waals surface area contributed by atoms with Gasteiger partial charge in [0.25, 0.3) is 0 Å². The Morgan fingerprint density at radius 3 is 1.20 bits per heavy atom. The van der Waals surface area contributed by atoms with Crippen molar-refractivity contribution in [1.82, 2.24) is 0 Å². The van der Waals surface area contributed by atoms with Gasteiger partial charge in [0.15, 0.2) is 0 Å². The highest BCUT2D eigenvalue weighted by Crippen LogP contribution is 2.25. The molecule has 0 amide bonds. The minimum absolute atomic E-state index is 0.574. The third kappa shape index (κ3) is 8.21. The van der Waals surface area contributed by atoms with Crippen molar-refractivity contribution >= 4 is 16.8 Å². The SMILES string of the molecule is CCCC[Si](F)(C#C[Si](F)(CCC)CCCC)CCC. The monoisotopic (exact) mass is 318 g/mol. The summed E-state index contributed by atoms with van der Waals surface area (Å²) in [6.45, 7) is 8.14. The van der Waals surface area contributed by atoms with Gasteiger partial charge in [0.05, 0.1) is 0 Å². The van der Waals surface area contributed by atoms with Gasteiger partial charge in [0, 0.05) is 0 Å². The van der Waals surface area contributed by atoms with E-state index in [1.54, 1.807) is 0 Å². The molecule has 0 spiro atoms. The van der Waals surface area contributed by atoms with E-state index in [2.05, 4.69) is 24.9 Å². The average molecular weight is 319 g/mol. The van der Waals surface area contributed by atoms with Gasteiger partial charge in [0.2, 0.25) is 0 Å². The summed E-state index contributed by atoms with van der Waals surface area (Å²) in [5, 5.41) is 0. The third-order valence-electron chi connectivity index (χ3n) is 3.66. The maximum Gasteiger partial charge on any atom is 0.322 e. The predicted molar refractivity (Wildman–Crippen MR) is 91.1 cm³/mol. The molecule has 0 aliphatic rings. The van der Waals surface area contributed by atoms with Crippen molar-refractivity contribution in [2.24, 2.45) is 0 Å². The summed E-state index contributed by atoms with van der Waals surface area (Å²) in [6.07, 6.45) is 5.41. The van der Waals surface area contributed by atoms with Gasteiger partial charge in [-0.15, -0.1) is 0 Å². The molecule has 20 heavy (non-hydrogen) atoms. The van der Waals surface area contributed by atoms with Crippen molar-refractivity contribution in [3.8, 4) is 11.1 Å².